The van der Waals surface area contributed by atoms with Crippen molar-refractivity contribution >= 4 is 5.91 Å². The molecule has 0 bridgehead atoms. The lowest BCUT2D eigenvalue weighted by atomic mass is 9.69. The van der Waals surface area contributed by atoms with Crippen LogP contribution in [-0.2, 0) is 14.9 Å². The molecule has 25 heavy (non-hydrogen) atoms. The first kappa shape index (κ1) is 17.6. The van der Waals surface area contributed by atoms with Gasteiger partial charge in [0.15, 0.2) is 0 Å². The minimum atomic E-state index is -0.833. The summed E-state index contributed by atoms with van der Waals surface area (Å²) < 4.78 is 5.46. The average molecular weight is 338 g/mol. The molecular weight excluding hydrogens is 312 g/mol. The third-order valence-corrected chi connectivity index (χ3v) is 5.22. The lowest BCUT2D eigenvalue weighted by molar-refractivity contribution is -0.123. The second-order valence-corrected chi connectivity index (χ2v) is 6.70. The number of nitrogens with two attached hydrogens (primary N) is 1. The summed E-state index contributed by atoms with van der Waals surface area (Å²) in [6, 6.07) is 20.0. The van der Waals surface area contributed by atoms with Gasteiger partial charge in [-0.3, -0.25) is 9.69 Å². The monoisotopic (exact) mass is 338 g/mol. The molecule has 1 saturated heterocycles. The summed E-state index contributed by atoms with van der Waals surface area (Å²) in [6.07, 6.45) is 0.649. The molecule has 1 heterocycles. The summed E-state index contributed by atoms with van der Waals surface area (Å²) in [5, 5.41) is 0. The van der Waals surface area contributed by atoms with Gasteiger partial charge in [0.05, 0.1) is 13.2 Å². The molecule has 3 rings (SSSR count). The molecule has 1 amide bonds. The maximum Gasteiger partial charge on any atom is 0.232 e. The van der Waals surface area contributed by atoms with Gasteiger partial charge < -0.3 is 10.5 Å². The maximum atomic E-state index is 12.8. The van der Waals surface area contributed by atoms with Crippen LogP contribution in [0.15, 0.2) is 60.7 Å². The summed E-state index contributed by atoms with van der Waals surface area (Å²) in [6.45, 7) is 5.43. The number of rotatable bonds is 6. The molecule has 0 unspecified atom stereocenters. The molecule has 1 fully saturated rings. The zero-order valence-corrected chi connectivity index (χ0v) is 14.7. The molecule has 1 aliphatic heterocycles. The lowest BCUT2D eigenvalue weighted by Gasteiger charge is -2.39. The van der Waals surface area contributed by atoms with Gasteiger partial charge in [-0.2, -0.15) is 0 Å². The number of ether oxygens (including phenoxy) is 1. The summed E-state index contributed by atoms with van der Waals surface area (Å²) >= 11 is 0. The third kappa shape index (κ3) is 3.60. The fourth-order valence-corrected chi connectivity index (χ4v) is 3.82. The van der Waals surface area contributed by atoms with Crippen LogP contribution in [0, 0.1) is 0 Å². The first-order valence-electron chi connectivity index (χ1n) is 8.87. The number of benzene rings is 2. The van der Waals surface area contributed by atoms with E-state index in [2.05, 4.69) is 11.8 Å². The largest absolute Gasteiger partial charge is 0.379 e. The van der Waals surface area contributed by atoms with E-state index in [9.17, 15) is 4.79 Å². The van der Waals surface area contributed by atoms with Gasteiger partial charge in [0.2, 0.25) is 5.91 Å². The Hall–Kier alpha value is -2.17. The minimum Gasteiger partial charge on any atom is -0.379 e. The molecule has 4 nitrogen and oxygen atoms in total. The van der Waals surface area contributed by atoms with Crippen molar-refractivity contribution in [1.82, 2.24) is 4.90 Å². The average Bonchev–Trinajstić information content (AvgIpc) is 2.67. The highest BCUT2D eigenvalue weighted by molar-refractivity contribution is 5.90. The van der Waals surface area contributed by atoms with E-state index in [1.165, 1.54) is 0 Å². The molecule has 1 atom stereocenters. The number of amides is 1. The van der Waals surface area contributed by atoms with E-state index in [0.29, 0.717) is 6.42 Å². The zero-order chi connectivity index (χ0) is 17.7. The Bertz CT molecular complexity index is 642. The molecule has 1 aliphatic rings. The van der Waals surface area contributed by atoms with Crippen LogP contribution in [-0.4, -0.2) is 43.2 Å². The molecule has 0 spiro atoms. The van der Waals surface area contributed by atoms with Crippen molar-refractivity contribution in [2.75, 3.05) is 26.3 Å². The normalized spacial score (nSPS) is 17.2. The van der Waals surface area contributed by atoms with Crippen LogP contribution in [0.3, 0.4) is 0 Å². The van der Waals surface area contributed by atoms with Crippen molar-refractivity contribution in [2.24, 2.45) is 5.73 Å². The number of primary amides is 1. The van der Waals surface area contributed by atoms with Gasteiger partial charge in [-0.15, -0.1) is 0 Å². The van der Waals surface area contributed by atoms with Crippen molar-refractivity contribution < 1.29 is 9.53 Å². The minimum absolute atomic E-state index is 0.219. The fraction of sp³-hybridized carbons (Fsp3) is 0.381. The molecule has 2 N–H and O–H groups in total. The molecule has 0 aromatic heterocycles. The molecule has 0 radical (unpaired) electrons. The van der Waals surface area contributed by atoms with E-state index in [-0.39, 0.29) is 11.9 Å². The van der Waals surface area contributed by atoms with Gasteiger partial charge in [0, 0.05) is 19.1 Å². The van der Waals surface area contributed by atoms with Crippen molar-refractivity contribution in [1.29, 1.82) is 0 Å². The second kappa shape index (κ2) is 7.81. The van der Waals surface area contributed by atoms with Crippen LogP contribution in [0.5, 0.6) is 0 Å². The Kier molecular flexibility index (Phi) is 5.51. The Balaban J connectivity index is 2.03. The van der Waals surface area contributed by atoms with Gasteiger partial charge in [0.25, 0.3) is 0 Å². The van der Waals surface area contributed by atoms with Crippen LogP contribution in [0.4, 0.5) is 0 Å². The summed E-state index contributed by atoms with van der Waals surface area (Å²) in [4.78, 5) is 15.2. The van der Waals surface area contributed by atoms with Crippen molar-refractivity contribution in [3.05, 3.63) is 71.8 Å². The molecule has 2 aromatic rings. The highest BCUT2D eigenvalue weighted by Crippen LogP contribution is 2.37. The van der Waals surface area contributed by atoms with E-state index in [1.807, 2.05) is 60.7 Å². The number of nitrogens with zero attached hydrogens (tertiary/aromatic N) is 1. The SMILES string of the molecule is C[C@@H](CC(C(N)=O)(c1ccccc1)c1ccccc1)N1CCOCC1. The number of hydrogen-bond donors (Lipinski definition) is 1. The summed E-state index contributed by atoms with van der Waals surface area (Å²) in [5.74, 6) is -0.301. The zero-order valence-electron chi connectivity index (χ0n) is 14.7. The number of morpholine rings is 1. The molecule has 132 valence electrons. The van der Waals surface area contributed by atoms with E-state index >= 15 is 0 Å². The topological polar surface area (TPSA) is 55.6 Å². The van der Waals surface area contributed by atoms with Crippen LogP contribution in [0.25, 0.3) is 0 Å². The predicted molar refractivity (Wildman–Crippen MR) is 99.3 cm³/mol. The van der Waals surface area contributed by atoms with Gasteiger partial charge >= 0.3 is 0 Å². The molecule has 0 aliphatic carbocycles. The highest BCUT2D eigenvalue weighted by atomic mass is 16.5. The fourth-order valence-electron chi connectivity index (χ4n) is 3.82. The maximum absolute atomic E-state index is 12.8. The van der Waals surface area contributed by atoms with E-state index in [4.69, 9.17) is 10.5 Å². The lowest BCUT2D eigenvalue weighted by Crippen LogP contribution is -2.50. The van der Waals surface area contributed by atoms with E-state index < -0.39 is 5.41 Å². The smallest absolute Gasteiger partial charge is 0.232 e. The molecule has 4 heteroatoms. The Labute approximate surface area is 149 Å². The first-order chi connectivity index (χ1) is 12.1. The van der Waals surface area contributed by atoms with Gasteiger partial charge in [-0.25, -0.2) is 0 Å². The van der Waals surface area contributed by atoms with Gasteiger partial charge in [0.1, 0.15) is 5.41 Å². The van der Waals surface area contributed by atoms with Crippen LogP contribution >= 0.6 is 0 Å². The van der Waals surface area contributed by atoms with Crippen molar-refractivity contribution in [3.63, 3.8) is 0 Å². The highest BCUT2D eigenvalue weighted by Gasteiger charge is 2.42. The second-order valence-electron chi connectivity index (χ2n) is 6.70. The first-order valence-corrected chi connectivity index (χ1v) is 8.87. The quantitative estimate of drug-likeness (QED) is 0.881. The summed E-state index contributed by atoms with van der Waals surface area (Å²) in [5.41, 5.74) is 7.10. The number of carbonyl (C=O) groups excluding carboxylic acids is 1. The molecular formula is C21H26N2O2. The van der Waals surface area contributed by atoms with Crippen LogP contribution < -0.4 is 5.73 Å². The third-order valence-electron chi connectivity index (χ3n) is 5.22. The van der Waals surface area contributed by atoms with Crippen molar-refractivity contribution in [2.45, 2.75) is 24.8 Å². The Morgan fingerprint density at radius 3 is 1.96 bits per heavy atom. The van der Waals surface area contributed by atoms with Gasteiger partial charge in [-0.05, 0) is 24.5 Å². The van der Waals surface area contributed by atoms with Crippen molar-refractivity contribution in [3.8, 4) is 0 Å². The van der Waals surface area contributed by atoms with Crippen LogP contribution in [0.1, 0.15) is 24.5 Å². The number of hydrogen-bond acceptors (Lipinski definition) is 3. The molecule has 2 aromatic carbocycles. The van der Waals surface area contributed by atoms with E-state index in [1.54, 1.807) is 0 Å². The number of carbonyl (C=O) groups is 1. The van der Waals surface area contributed by atoms with Crippen LogP contribution in [0.2, 0.25) is 0 Å². The summed E-state index contributed by atoms with van der Waals surface area (Å²) in [7, 11) is 0. The van der Waals surface area contributed by atoms with E-state index in [0.717, 1.165) is 37.4 Å². The standard InChI is InChI=1S/C21H26N2O2/c1-17(23-12-14-25-15-13-23)16-21(20(22)24,18-8-4-2-5-9-18)19-10-6-3-7-11-19/h2-11,17H,12-16H2,1H3,(H2,22,24)/t17-/m0/s1. The Morgan fingerprint density at radius 1 is 1.04 bits per heavy atom. The molecule has 0 saturated carbocycles. The van der Waals surface area contributed by atoms with Gasteiger partial charge in [-0.1, -0.05) is 60.7 Å². The predicted octanol–water partition coefficient (Wildman–Crippen LogP) is 2.57. The Morgan fingerprint density at radius 2 is 1.52 bits per heavy atom.